The zero-order valence-corrected chi connectivity index (χ0v) is 33.1. The van der Waals surface area contributed by atoms with Gasteiger partial charge < -0.3 is 9.64 Å². The van der Waals surface area contributed by atoms with E-state index < -0.39 is 5.97 Å². The van der Waals surface area contributed by atoms with E-state index in [0.29, 0.717) is 28.4 Å². The molecule has 0 atom stereocenters. The highest BCUT2D eigenvalue weighted by Gasteiger charge is 2.18. The van der Waals surface area contributed by atoms with Crippen molar-refractivity contribution in [1.29, 1.82) is 0 Å². The molecule has 9 nitrogen and oxygen atoms in total. The third kappa shape index (κ3) is 8.44. The molecule has 1 heterocycles. The normalized spacial score (nSPS) is 13.0. The molecule has 0 fully saturated rings. The number of ether oxygens (including phenoxy) is 1. The number of carbonyl (C=O) groups excluding carboxylic acids is 1. The molecule has 0 bridgehead atoms. The maximum absolute atomic E-state index is 12.8. The second kappa shape index (κ2) is 17.5. The Kier molecular flexibility index (Phi) is 11.5. The smallest absolute Gasteiger partial charge is 0.343 e. The summed E-state index contributed by atoms with van der Waals surface area (Å²) in [6, 6.07) is 42.7. The molecule has 0 amide bonds. The van der Waals surface area contributed by atoms with Gasteiger partial charge in [-0.2, -0.15) is 10.2 Å². The highest BCUT2D eigenvalue weighted by atomic mass is 16.5. The lowest BCUT2D eigenvalue weighted by Crippen LogP contribution is -2.30. The number of rotatable bonds is 12. The number of hydrogen-bond acceptors (Lipinski definition) is 9. The second-order valence-corrected chi connectivity index (χ2v) is 14.6. The van der Waals surface area contributed by atoms with Crippen LogP contribution in [0.2, 0.25) is 0 Å². The van der Waals surface area contributed by atoms with Gasteiger partial charge in [0, 0.05) is 40.3 Å². The summed E-state index contributed by atoms with van der Waals surface area (Å²) in [6.45, 7) is 8.67. The van der Waals surface area contributed by atoms with Crippen LogP contribution in [0.1, 0.15) is 60.2 Å². The Morgan fingerprint density at radius 2 is 1.14 bits per heavy atom. The third-order valence-electron chi connectivity index (χ3n) is 10.4. The summed E-state index contributed by atoms with van der Waals surface area (Å²) in [4.78, 5) is 15.3. The van der Waals surface area contributed by atoms with Crippen LogP contribution in [0.25, 0.3) is 21.5 Å². The first-order valence-corrected chi connectivity index (χ1v) is 20.1. The van der Waals surface area contributed by atoms with Gasteiger partial charge in [0.25, 0.3) is 0 Å². The topological polar surface area (TPSA) is 104 Å². The minimum atomic E-state index is -0.424. The van der Waals surface area contributed by atoms with Gasteiger partial charge in [0.05, 0.1) is 39.7 Å². The molecule has 1 aliphatic rings. The number of carbonyl (C=O) groups is 1. The monoisotopic (exact) mass is 763 g/mol. The molecule has 0 N–H and O–H groups in total. The van der Waals surface area contributed by atoms with Crippen LogP contribution >= 0.6 is 0 Å². The van der Waals surface area contributed by atoms with Crippen molar-refractivity contribution in [2.45, 2.75) is 52.9 Å². The average Bonchev–Trinajstić information content (AvgIpc) is 3.26. The van der Waals surface area contributed by atoms with Crippen LogP contribution in [0.3, 0.4) is 0 Å². The Labute approximate surface area is 338 Å². The Balaban J connectivity index is 0.990. The molecule has 0 spiro atoms. The maximum Gasteiger partial charge on any atom is 0.343 e. The van der Waals surface area contributed by atoms with Gasteiger partial charge in [0.2, 0.25) is 0 Å². The molecular formula is C49H45N7O2. The van der Waals surface area contributed by atoms with E-state index in [0.717, 1.165) is 89.4 Å². The fraction of sp³-hybridized carbons (Fsp3) is 0.204. The maximum atomic E-state index is 12.8. The first kappa shape index (κ1) is 38.0. The number of benzene rings is 7. The summed E-state index contributed by atoms with van der Waals surface area (Å²) in [5.41, 5.74) is 9.89. The third-order valence-corrected chi connectivity index (χ3v) is 10.4. The molecule has 9 heteroatoms. The highest BCUT2D eigenvalue weighted by Crippen LogP contribution is 2.39. The predicted octanol–water partition coefficient (Wildman–Crippen LogP) is 14.9. The molecule has 58 heavy (non-hydrogen) atoms. The molecule has 0 aromatic heterocycles. The number of nitrogens with zero attached hydrogens (tertiary/aromatic N) is 7. The largest absolute Gasteiger partial charge is 0.423 e. The minimum Gasteiger partial charge on any atom is -0.423 e. The van der Waals surface area contributed by atoms with Gasteiger partial charge in [-0.3, -0.25) is 0 Å². The number of fused-ring (bicyclic) bond motifs is 3. The molecule has 0 unspecified atom stereocenters. The lowest BCUT2D eigenvalue weighted by Gasteiger charge is -2.31. The summed E-state index contributed by atoms with van der Waals surface area (Å²) in [6.07, 6.45) is 5.41. The number of esters is 1. The number of azo groups is 3. The summed E-state index contributed by atoms with van der Waals surface area (Å²) in [5, 5.41) is 31.7. The standard InChI is InChI=1S/C49H45N7O2/c1-4-11-34-17-23-38(24-18-34)58-49(57)35-19-21-37(22-20-35)50-51-43-25-26-44(40-14-7-6-13-39(40)43)52-53-45-27-28-46(42-16-9-8-15-41(42)45)54-55-47-32-36-12-10-30-56(29-5-2)48(36)31-33(47)3/h6-9,13-28,31-32H,4-5,10-12,29-30H2,1-3H3. The SMILES string of the molecule is CCCc1ccc(OC(=O)c2ccc(N=Nc3ccc(N=Nc4ccc(N=Nc5cc6c(cc5C)N(CCC)CCC6)c5ccccc45)c4ccccc34)cc2)cc1. The zero-order valence-electron chi connectivity index (χ0n) is 33.1. The average molecular weight is 764 g/mol. The molecule has 7 aromatic carbocycles. The van der Waals surface area contributed by atoms with Gasteiger partial charge in [-0.05, 0) is 122 Å². The Hall–Kier alpha value is -6.87. The Bertz CT molecular complexity index is 2690. The van der Waals surface area contributed by atoms with Crippen molar-refractivity contribution >= 4 is 67.3 Å². The van der Waals surface area contributed by atoms with Crippen molar-refractivity contribution in [3.63, 3.8) is 0 Å². The molecule has 0 radical (unpaired) electrons. The number of aryl methyl sites for hydroxylation is 3. The van der Waals surface area contributed by atoms with E-state index in [2.05, 4.69) is 48.0 Å². The van der Waals surface area contributed by atoms with Crippen LogP contribution in [-0.4, -0.2) is 19.1 Å². The Morgan fingerprint density at radius 1 is 0.603 bits per heavy atom. The number of anilines is 1. The molecule has 7 aromatic rings. The van der Waals surface area contributed by atoms with E-state index >= 15 is 0 Å². The van der Waals surface area contributed by atoms with Crippen molar-refractivity contribution in [1.82, 2.24) is 0 Å². The van der Waals surface area contributed by atoms with Gasteiger partial charge in [0.1, 0.15) is 5.75 Å². The fourth-order valence-electron chi connectivity index (χ4n) is 7.46. The minimum absolute atomic E-state index is 0.424. The van der Waals surface area contributed by atoms with E-state index in [1.54, 1.807) is 24.3 Å². The van der Waals surface area contributed by atoms with Crippen molar-refractivity contribution in [3.8, 4) is 5.75 Å². The van der Waals surface area contributed by atoms with E-state index in [9.17, 15) is 4.79 Å². The van der Waals surface area contributed by atoms with Gasteiger partial charge in [-0.1, -0.05) is 80.9 Å². The van der Waals surface area contributed by atoms with Crippen molar-refractivity contribution in [2.75, 3.05) is 18.0 Å². The van der Waals surface area contributed by atoms with Crippen LogP contribution in [0.15, 0.2) is 164 Å². The van der Waals surface area contributed by atoms with Crippen LogP contribution in [0.4, 0.5) is 39.8 Å². The van der Waals surface area contributed by atoms with Crippen LogP contribution in [0, 0.1) is 6.92 Å². The molecule has 1 aliphatic heterocycles. The first-order valence-electron chi connectivity index (χ1n) is 20.1. The summed E-state index contributed by atoms with van der Waals surface area (Å²) in [5.74, 6) is 0.0926. The molecular weight excluding hydrogens is 719 g/mol. The molecule has 0 saturated carbocycles. The van der Waals surface area contributed by atoms with Gasteiger partial charge in [-0.15, -0.1) is 20.5 Å². The lowest BCUT2D eigenvalue weighted by atomic mass is 9.98. The van der Waals surface area contributed by atoms with E-state index in [4.69, 9.17) is 25.2 Å². The molecule has 8 rings (SSSR count). The molecule has 0 aliphatic carbocycles. The quantitative estimate of drug-likeness (QED) is 0.0703. The van der Waals surface area contributed by atoms with E-state index in [-0.39, 0.29) is 0 Å². The highest BCUT2D eigenvalue weighted by molar-refractivity contribution is 6.01. The van der Waals surface area contributed by atoms with Crippen molar-refractivity contribution in [2.24, 2.45) is 30.7 Å². The van der Waals surface area contributed by atoms with Gasteiger partial charge in [-0.25, -0.2) is 4.79 Å². The van der Waals surface area contributed by atoms with Crippen molar-refractivity contribution in [3.05, 3.63) is 156 Å². The number of hydrogen-bond donors (Lipinski definition) is 0. The van der Waals surface area contributed by atoms with Gasteiger partial charge >= 0.3 is 5.97 Å². The summed E-state index contributed by atoms with van der Waals surface area (Å²) >= 11 is 0. The zero-order chi connectivity index (χ0) is 39.8. The molecule has 288 valence electrons. The fourth-order valence-corrected chi connectivity index (χ4v) is 7.46. The first-order chi connectivity index (χ1) is 28.5. The van der Waals surface area contributed by atoms with Crippen LogP contribution < -0.4 is 9.64 Å². The van der Waals surface area contributed by atoms with Gasteiger partial charge in [0.15, 0.2) is 0 Å². The van der Waals surface area contributed by atoms with Crippen molar-refractivity contribution < 1.29 is 9.53 Å². The van der Waals surface area contributed by atoms with Crippen LogP contribution in [-0.2, 0) is 12.8 Å². The second-order valence-electron chi connectivity index (χ2n) is 14.6. The summed E-state index contributed by atoms with van der Waals surface area (Å²) in [7, 11) is 0. The summed E-state index contributed by atoms with van der Waals surface area (Å²) < 4.78 is 5.57. The Morgan fingerprint density at radius 3 is 1.67 bits per heavy atom. The van der Waals surface area contributed by atoms with Crippen LogP contribution in [0.5, 0.6) is 5.75 Å². The van der Waals surface area contributed by atoms with E-state index in [1.165, 1.54) is 16.8 Å². The predicted molar refractivity (Wildman–Crippen MR) is 234 cm³/mol. The van der Waals surface area contributed by atoms with E-state index in [1.807, 2.05) is 97.1 Å². The molecule has 0 saturated heterocycles. The lowest BCUT2D eigenvalue weighted by molar-refractivity contribution is 0.0734.